The largest absolute Gasteiger partial charge is 0.416 e. The minimum Gasteiger partial charge on any atom is -0.326 e. The van der Waals surface area contributed by atoms with Crippen LogP contribution in [0.25, 0.3) is 0 Å². The van der Waals surface area contributed by atoms with E-state index in [0.717, 1.165) is 18.3 Å². The van der Waals surface area contributed by atoms with E-state index in [1.807, 2.05) is 0 Å². The normalized spacial score (nSPS) is 26.4. The molecular formula is C13H17F3N4O. The molecule has 1 aliphatic rings. The molecule has 0 aliphatic heterocycles. The molecule has 1 heterocycles. The molecule has 0 aromatic carbocycles. The highest BCUT2D eigenvalue weighted by Crippen LogP contribution is 2.30. The molecule has 1 saturated carbocycles. The van der Waals surface area contributed by atoms with Crippen molar-refractivity contribution in [3.63, 3.8) is 0 Å². The molecule has 1 aromatic rings. The van der Waals surface area contributed by atoms with Gasteiger partial charge in [-0.05, 0) is 31.4 Å². The number of nitrogens with zero attached hydrogens (tertiary/aromatic N) is 1. The number of carbonyl (C=O) groups excluding carboxylic acids is 1. The predicted octanol–water partition coefficient (Wildman–Crippen LogP) is 1.49. The van der Waals surface area contributed by atoms with E-state index in [-0.39, 0.29) is 29.7 Å². The number of pyridine rings is 1. The lowest BCUT2D eigenvalue weighted by Crippen LogP contribution is -2.48. The van der Waals surface area contributed by atoms with Crippen LogP contribution in [0.2, 0.25) is 0 Å². The van der Waals surface area contributed by atoms with Crippen molar-refractivity contribution in [1.82, 2.24) is 4.98 Å². The van der Waals surface area contributed by atoms with Crippen LogP contribution in [0.15, 0.2) is 18.3 Å². The van der Waals surface area contributed by atoms with Crippen LogP contribution in [0.4, 0.5) is 19.0 Å². The number of hydrogen-bond acceptors (Lipinski definition) is 4. The average molecular weight is 302 g/mol. The molecule has 5 nitrogen and oxygen atoms in total. The molecule has 8 heteroatoms. The van der Waals surface area contributed by atoms with Crippen LogP contribution in [-0.2, 0) is 11.0 Å². The molecule has 0 saturated heterocycles. The lowest BCUT2D eigenvalue weighted by molar-refractivity contribution is -0.137. The Hall–Kier alpha value is -1.67. The van der Waals surface area contributed by atoms with Gasteiger partial charge in [-0.2, -0.15) is 13.2 Å². The van der Waals surface area contributed by atoms with E-state index < -0.39 is 11.7 Å². The molecule has 3 unspecified atom stereocenters. The molecule has 1 aliphatic carbocycles. The van der Waals surface area contributed by atoms with Gasteiger partial charge in [0, 0.05) is 24.2 Å². The Morgan fingerprint density at radius 2 is 2.00 bits per heavy atom. The topological polar surface area (TPSA) is 94.0 Å². The van der Waals surface area contributed by atoms with Crippen LogP contribution in [0.1, 0.15) is 24.8 Å². The second-order valence-electron chi connectivity index (χ2n) is 5.25. The fourth-order valence-corrected chi connectivity index (χ4v) is 2.37. The van der Waals surface area contributed by atoms with Gasteiger partial charge >= 0.3 is 6.18 Å². The number of anilines is 1. The van der Waals surface area contributed by atoms with E-state index in [4.69, 9.17) is 11.5 Å². The molecule has 0 radical (unpaired) electrons. The fourth-order valence-electron chi connectivity index (χ4n) is 2.37. The number of rotatable bonds is 2. The van der Waals surface area contributed by atoms with Crippen molar-refractivity contribution in [3.05, 3.63) is 23.9 Å². The minimum absolute atomic E-state index is 0.113. The first kappa shape index (κ1) is 15.7. The van der Waals surface area contributed by atoms with E-state index in [9.17, 15) is 18.0 Å². The van der Waals surface area contributed by atoms with E-state index in [2.05, 4.69) is 10.3 Å². The molecule has 0 bridgehead atoms. The van der Waals surface area contributed by atoms with E-state index in [1.165, 1.54) is 0 Å². The maximum atomic E-state index is 12.6. The third-order valence-corrected chi connectivity index (χ3v) is 3.66. The first-order valence-electron chi connectivity index (χ1n) is 6.62. The number of amides is 1. The highest BCUT2D eigenvalue weighted by Gasteiger charge is 2.32. The zero-order valence-corrected chi connectivity index (χ0v) is 11.2. The number of carbonyl (C=O) groups is 1. The standard InChI is InChI=1S/C13H17F3N4O/c14-13(15,16)8-3-4-19-11(6-8)20-12(21)7-1-2-9(17)10(18)5-7/h3-4,6-7,9-10H,1-2,5,17-18H2,(H,19,20,21). The Balaban J connectivity index is 2.03. The second-order valence-corrected chi connectivity index (χ2v) is 5.25. The average Bonchev–Trinajstić information content (AvgIpc) is 2.41. The van der Waals surface area contributed by atoms with Crippen molar-refractivity contribution in [2.75, 3.05) is 5.32 Å². The SMILES string of the molecule is NC1CCC(C(=O)Nc2cc(C(F)(F)F)ccn2)CC1N. The molecule has 2 rings (SSSR count). The zero-order valence-electron chi connectivity index (χ0n) is 11.2. The highest BCUT2D eigenvalue weighted by atomic mass is 19.4. The summed E-state index contributed by atoms with van der Waals surface area (Å²) in [6, 6.07) is 1.25. The van der Waals surface area contributed by atoms with E-state index >= 15 is 0 Å². The van der Waals surface area contributed by atoms with Gasteiger partial charge < -0.3 is 16.8 Å². The van der Waals surface area contributed by atoms with E-state index in [1.54, 1.807) is 0 Å². The predicted molar refractivity (Wildman–Crippen MR) is 71.2 cm³/mol. The minimum atomic E-state index is -4.47. The molecule has 5 N–H and O–H groups in total. The maximum absolute atomic E-state index is 12.6. The summed E-state index contributed by atoms with van der Waals surface area (Å²) in [7, 11) is 0. The van der Waals surface area contributed by atoms with Crippen molar-refractivity contribution >= 4 is 11.7 Å². The van der Waals surface area contributed by atoms with Gasteiger partial charge in [-0.15, -0.1) is 0 Å². The third-order valence-electron chi connectivity index (χ3n) is 3.66. The quantitative estimate of drug-likeness (QED) is 0.771. The number of nitrogens with two attached hydrogens (primary N) is 2. The van der Waals surface area contributed by atoms with Crippen LogP contribution in [0.3, 0.4) is 0 Å². The summed E-state index contributed by atoms with van der Waals surface area (Å²) in [5.41, 5.74) is 10.7. The molecule has 0 spiro atoms. The molecule has 3 atom stereocenters. The number of hydrogen-bond donors (Lipinski definition) is 3. The molecular weight excluding hydrogens is 285 g/mol. The number of alkyl halides is 3. The highest BCUT2D eigenvalue weighted by molar-refractivity contribution is 5.91. The Kier molecular flexibility index (Phi) is 4.48. The smallest absolute Gasteiger partial charge is 0.326 e. The summed E-state index contributed by atoms with van der Waals surface area (Å²) in [6.45, 7) is 0. The number of halogens is 3. The van der Waals surface area contributed by atoms with Crippen LogP contribution in [0.5, 0.6) is 0 Å². The Morgan fingerprint density at radius 3 is 2.62 bits per heavy atom. The van der Waals surface area contributed by atoms with Crippen molar-refractivity contribution in [3.8, 4) is 0 Å². The van der Waals surface area contributed by atoms with Gasteiger partial charge in [0.05, 0.1) is 5.56 Å². The maximum Gasteiger partial charge on any atom is 0.416 e. The third kappa shape index (κ3) is 3.92. The lowest BCUT2D eigenvalue weighted by atomic mass is 9.82. The summed E-state index contributed by atoms with van der Waals surface area (Å²) >= 11 is 0. The van der Waals surface area contributed by atoms with Crippen LogP contribution in [-0.4, -0.2) is 23.0 Å². The molecule has 1 aromatic heterocycles. The summed E-state index contributed by atoms with van der Waals surface area (Å²) in [4.78, 5) is 15.8. The van der Waals surface area contributed by atoms with Gasteiger partial charge in [-0.3, -0.25) is 4.79 Å². The summed E-state index contributed by atoms with van der Waals surface area (Å²) in [5, 5.41) is 2.41. The first-order chi connectivity index (χ1) is 9.77. The Morgan fingerprint density at radius 1 is 1.29 bits per heavy atom. The number of aromatic nitrogens is 1. The summed E-state index contributed by atoms with van der Waals surface area (Å²) < 4.78 is 37.8. The van der Waals surface area contributed by atoms with Crippen molar-refractivity contribution in [1.29, 1.82) is 0 Å². The van der Waals surface area contributed by atoms with Crippen LogP contribution >= 0.6 is 0 Å². The summed E-state index contributed by atoms with van der Waals surface area (Å²) in [5.74, 6) is -0.835. The Bertz CT molecular complexity index is 520. The first-order valence-corrected chi connectivity index (χ1v) is 6.62. The zero-order chi connectivity index (χ0) is 15.6. The van der Waals surface area contributed by atoms with Gasteiger partial charge in [0.1, 0.15) is 5.82 Å². The van der Waals surface area contributed by atoms with Crippen molar-refractivity contribution in [2.45, 2.75) is 37.5 Å². The molecule has 21 heavy (non-hydrogen) atoms. The van der Waals surface area contributed by atoms with Gasteiger partial charge in [-0.1, -0.05) is 0 Å². The van der Waals surface area contributed by atoms with Gasteiger partial charge in [-0.25, -0.2) is 4.98 Å². The Labute approximate surface area is 119 Å². The van der Waals surface area contributed by atoms with Crippen molar-refractivity contribution < 1.29 is 18.0 Å². The van der Waals surface area contributed by atoms with E-state index in [0.29, 0.717) is 19.3 Å². The lowest BCUT2D eigenvalue weighted by Gasteiger charge is -2.30. The summed E-state index contributed by atoms with van der Waals surface area (Å²) in [6.07, 6.45) is -1.84. The van der Waals surface area contributed by atoms with Gasteiger partial charge in [0.25, 0.3) is 0 Å². The molecule has 1 fully saturated rings. The number of nitrogens with one attached hydrogen (secondary N) is 1. The monoisotopic (exact) mass is 302 g/mol. The fraction of sp³-hybridized carbons (Fsp3) is 0.538. The molecule has 116 valence electrons. The van der Waals surface area contributed by atoms with Gasteiger partial charge in [0.15, 0.2) is 0 Å². The molecule has 1 amide bonds. The second kappa shape index (κ2) is 5.98. The van der Waals surface area contributed by atoms with Crippen LogP contribution < -0.4 is 16.8 Å². The van der Waals surface area contributed by atoms with Crippen LogP contribution in [0, 0.1) is 5.92 Å². The van der Waals surface area contributed by atoms with Gasteiger partial charge in [0.2, 0.25) is 5.91 Å². The van der Waals surface area contributed by atoms with Crippen molar-refractivity contribution in [2.24, 2.45) is 17.4 Å².